The fourth-order valence-corrected chi connectivity index (χ4v) is 1.19. The van der Waals surface area contributed by atoms with Crippen LogP contribution in [0.5, 0.6) is 0 Å². The molecule has 0 unspecified atom stereocenters. The molecule has 0 saturated heterocycles. The number of halogens is 2. The van der Waals surface area contributed by atoms with E-state index in [9.17, 15) is 4.79 Å². The lowest BCUT2D eigenvalue weighted by Gasteiger charge is -1.94. The van der Waals surface area contributed by atoms with Gasteiger partial charge in [0.15, 0.2) is 5.76 Å². The second-order valence-corrected chi connectivity index (χ2v) is 4.83. The summed E-state index contributed by atoms with van der Waals surface area (Å²) < 4.78 is 5.54. The number of allylic oxidation sites excluding steroid dienone is 2. The molecule has 0 fully saturated rings. The average Bonchev–Trinajstić information content (AvgIpc) is 2.34. The molecule has 0 N–H and O–H groups in total. The molecule has 0 bridgehead atoms. The van der Waals surface area contributed by atoms with Gasteiger partial charge in [-0.1, -0.05) is 6.08 Å². The Morgan fingerprint density at radius 1 is 1.67 bits per heavy atom. The van der Waals surface area contributed by atoms with Crippen LogP contribution in [0.2, 0.25) is 0 Å². The van der Waals surface area contributed by atoms with Gasteiger partial charge in [-0.15, -0.1) is 6.58 Å². The van der Waals surface area contributed by atoms with Gasteiger partial charge < -0.3 is 4.74 Å². The van der Waals surface area contributed by atoms with Crippen molar-refractivity contribution in [1.82, 2.24) is 0 Å². The van der Waals surface area contributed by atoms with Gasteiger partial charge in [0.25, 0.3) is 0 Å². The van der Waals surface area contributed by atoms with Gasteiger partial charge >= 0.3 is 5.97 Å². The number of carbonyl (C=O) groups is 1. The quantitative estimate of drug-likeness (QED) is 0.578. The van der Waals surface area contributed by atoms with Crippen molar-refractivity contribution in [2.24, 2.45) is 0 Å². The van der Waals surface area contributed by atoms with E-state index in [1.54, 1.807) is 12.2 Å². The van der Waals surface area contributed by atoms with E-state index in [4.69, 9.17) is 4.74 Å². The molecule has 1 rings (SSSR count). The van der Waals surface area contributed by atoms with Crippen molar-refractivity contribution in [2.75, 3.05) is 0 Å². The van der Waals surface area contributed by atoms with E-state index in [0.29, 0.717) is 21.1 Å². The zero-order chi connectivity index (χ0) is 9.14. The molecule has 1 heterocycles. The minimum absolute atomic E-state index is 0.304. The van der Waals surface area contributed by atoms with Crippen LogP contribution in [0.4, 0.5) is 0 Å². The topological polar surface area (TPSA) is 26.3 Å². The minimum Gasteiger partial charge on any atom is -0.421 e. The number of cyclic esters (lactones) is 1. The largest absolute Gasteiger partial charge is 0.421 e. The molecule has 0 atom stereocenters. The van der Waals surface area contributed by atoms with Crippen LogP contribution in [0.25, 0.3) is 0 Å². The maximum absolute atomic E-state index is 11.1. The minimum atomic E-state index is -0.304. The summed E-state index contributed by atoms with van der Waals surface area (Å²) in [5.41, 5.74) is 0.622. The predicted octanol–water partition coefficient (Wildman–Crippen LogP) is 3.00. The molecule has 0 amide bonds. The number of rotatable bonds is 2. The van der Waals surface area contributed by atoms with Gasteiger partial charge in [-0.2, -0.15) is 0 Å². The Balaban J connectivity index is 2.89. The van der Waals surface area contributed by atoms with Crippen molar-refractivity contribution >= 4 is 37.8 Å². The summed E-state index contributed by atoms with van der Waals surface area (Å²) in [6.45, 7) is 3.54. The molecule has 2 nitrogen and oxygen atoms in total. The first kappa shape index (κ1) is 9.74. The SMILES string of the molecule is C=CCC1=CC(=C(Br)Br)OC1=O. The van der Waals surface area contributed by atoms with Gasteiger partial charge in [0, 0.05) is 5.57 Å². The Bertz CT molecular complexity index is 285. The summed E-state index contributed by atoms with van der Waals surface area (Å²) in [4.78, 5) is 11.1. The first-order chi connectivity index (χ1) is 5.65. The number of ether oxygens (including phenoxy) is 1. The van der Waals surface area contributed by atoms with Crippen molar-refractivity contribution in [3.63, 3.8) is 0 Å². The van der Waals surface area contributed by atoms with Crippen molar-refractivity contribution in [3.8, 4) is 0 Å². The lowest BCUT2D eigenvalue weighted by atomic mass is 10.2. The fourth-order valence-electron chi connectivity index (χ4n) is 0.803. The molecule has 0 aliphatic carbocycles. The maximum Gasteiger partial charge on any atom is 0.339 e. The molecule has 12 heavy (non-hydrogen) atoms. The van der Waals surface area contributed by atoms with Crippen LogP contribution in [0, 0.1) is 0 Å². The summed E-state index contributed by atoms with van der Waals surface area (Å²) in [6, 6.07) is 0. The van der Waals surface area contributed by atoms with E-state index < -0.39 is 0 Å². The standard InChI is InChI=1S/C8H6Br2O2/c1-2-3-5-4-6(7(9)10)12-8(5)11/h2,4H,1,3H2. The third kappa shape index (κ3) is 2.08. The van der Waals surface area contributed by atoms with Crippen molar-refractivity contribution < 1.29 is 9.53 Å². The zero-order valence-electron chi connectivity index (χ0n) is 6.14. The smallest absolute Gasteiger partial charge is 0.339 e. The maximum atomic E-state index is 11.1. The number of hydrogen-bond donors (Lipinski definition) is 0. The summed E-state index contributed by atoms with van der Waals surface area (Å²) >= 11 is 6.31. The average molecular weight is 294 g/mol. The lowest BCUT2D eigenvalue weighted by Crippen LogP contribution is -1.97. The molecule has 0 aromatic rings. The summed E-state index contributed by atoms with van der Waals surface area (Å²) in [7, 11) is 0. The first-order valence-electron chi connectivity index (χ1n) is 3.24. The number of esters is 1. The zero-order valence-corrected chi connectivity index (χ0v) is 9.31. The molecule has 64 valence electrons. The molecule has 0 aromatic carbocycles. The van der Waals surface area contributed by atoms with E-state index in [0.717, 1.165) is 0 Å². The van der Waals surface area contributed by atoms with Crippen molar-refractivity contribution in [2.45, 2.75) is 6.42 Å². The van der Waals surface area contributed by atoms with Crippen LogP contribution in [0.3, 0.4) is 0 Å². The highest BCUT2D eigenvalue weighted by molar-refractivity contribution is 9.28. The van der Waals surface area contributed by atoms with Gasteiger partial charge in [0.05, 0.1) is 0 Å². The second kappa shape index (κ2) is 4.05. The Morgan fingerprint density at radius 3 is 2.75 bits per heavy atom. The number of carbonyl (C=O) groups excluding carboxylic acids is 1. The van der Waals surface area contributed by atoms with Crippen LogP contribution < -0.4 is 0 Å². The van der Waals surface area contributed by atoms with Crippen LogP contribution in [0.15, 0.2) is 33.5 Å². The highest BCUT2D eigenvalue weighted by atomic mass is 79.9. The predicted molar refractivity (Wildman–Crippen MR) is 53.9 cm³/mol. The summed E-state index contributed by atoms with van der Waals surface area (Å²) in [5.74, 6) is 0.207. The Kier molecular flexibility index (Phi) is 3.29. The summed E-state index contributed by atoms with van der Waals surface area (Å²) in [6.07, 6.45) is 3.89. The van der Waals surface area contributed by atoms with E-state index in [1.165, 1.54) is 0 Å². The van der Waals surface area contributed by atoms with Gasteiger partial charge in [-0.25, -0.2) is 4.79 Å². The van der Waals surface area contributed by atoms with Crippen LogP contribution in [-0.2, 0) is 9.53 Å². The van der Waals surface area contributed by atoms with Crippen LogP contribution >= 0.6 is 31.9 Å². The monoisotopic (exact) mass is 292 g/mol. The van der Waals surface area contributed by atoms with Crippen molar-refractivity contribution in [1.29, 1.82) is 0 Å². The Morgan fingerprint density at radius 2 is 2.33 bits per heavy atom. The van der Waals surface area contributed by atoms with E-state index >= 15 is 0 Å². The molecule has 1 aliphatic heterocycles. The Labute approximate surface area is 87.2 Å². The highest BCUT2D eigenvalue weighted by Gasteiger charge is 2.21. The molecule has 0 radical (unpaired) electrons. The molecule has 0 aromatic heterocycles. The van der Waals surface area contributed by atoms with Crippen molar-refractivity contribution in [3.05, 3.63) is 33.5 Å². The third-order valence-electron chi connectivity index (χ3n) is 1.32. The van der Waals surface area contributed by atoms with E-state index in [2.05, 4.69) is 38.4 Å². The van der Waals surface area contributed by atoms with Gasteiger partial charge in [0.1, 0.15) is 3.39 Å². The van der Waals surface area contributed by atoms with E-state index in [1.807, 2.05) is 0 Å². The third-order valence-corrected chi connectivity index (χ3v) is 2.10. The van der Waals surface area contributed by atoms with Gasteiger partial charge in [0.2, 0.25) is 0 Å². The van der Waals surface area contributed by atoms with Gasteiger partial charge in [-0.05, 0) is 44.4 Å². The summed E-state index contributed by atoms with van der Waals surface area (Å²) in [5, 5.41) is 0. The Hall–Kier alpha value is -0.350. The normalized spacial score (nSPS) is 15.7. The molecule has 0 saturated carbocycles. The van der Waals surface area contributed by atoms with Crippen LogP contribution in [0.1, 0.15) is 6.42 Å². The first-order valence-corrected chi connectivity index (χ1v) is 4.82. The van der Waals surface area contributed by atoms with Crippen LogP contribution in [-0.4, -0.2) is 5.97 Å². The lowest BCUT2D eigenvalue weighted by molar-refractivity contribution is -0.133. The molecular formula is C8H6Br2O2. The van der Waals surface area contributed by atoms with Gasteiger partial charge in [-0.3, -0.25) is 0 Å². The second-order valence-electron chi connectivity index (χ2n) is 2.18. The van der Waals surface area contributed by atoms with E-state index in [-0.39, 0.29) is 5.97 Å². The molecule has 4 heteroatoms. The fraction of sp³-hybridized carbons (Fsp3) is 0.125. The molecule has 0 spiro atoms. The molecular weight excluding hydrogens is 288 g/mol. The highest BCUT2D eigenvalue weighted by Crippen LogP contribution is 2.28. The molecule has 1 aliphatic rings. The number of hydrogen-bond acceptors (Lipinski definition) is 2.